The molecule has 33 heavy (non-hydrogen) atoms. The molecule has 4 aromatic rings. The minimum atomic E-state index is -0.636. The largest absolute Gasteiger partial charge is 0.508 e. The molecule has 164 valence electrons. The van der Waals surface area contributed by atoms with Gasteiger partial charge in [-0.15, -0.1) is 0 Å². The van der Waals surface area contributed by atoms with Crippen LogP contribution in [-0.2, 0) is 11.3 Å². The van der Waals surface area contributed by atoms with E-state index in [2.05, 4.69) is 20.6 Å². The molecule has 0 aliphatic carbocycles. The van der Waals surface area contributed by atoms with E-state index in [1.807, 2.05) is 60.7 Å². The van der Waals surface area contributed by atoms with Crippen LogP contribution in [0.2, 0.25) is 0 Å². The van der Waals surface area contributed by atoms with Gasteiger partial charge in [-0.3, -0.25) is 4.79 Å². The van der Waals surface area contributed by atoms with Crippen LogP contribution in [0.4, 0.5) is 0 Å². The van der Waals surface area contributed by atoms with E-state index in [-0.39, 0.29) is 12.3 Å². The van der Waals surface area contributed by atoms with E-state index in [0.717, 1.165) is 21.4 Å². The zero-order valence-corrected chi connectivity index (χ0v) is 17.8. The standard InChI is InChI=1S/C25H21N5O3/c1-17(18-12-14-21(31)15-13-18)27-28-22(32)16-30-25(33)26-23(19-8-4-2-5-9-19)24(29-30)20-10-6-3-7-11-20/h2-15,31H,16H2,1H3,(H,28,32)/b27-17+. The quantitative estimate of drug-likeness (QED) is 0.354. The first-order chi connectivity index (χ1) is 16.0. The van der Waals surface area contributed by atoms with E-state index in [9.17, 15) is 14.7 Å². The first-order valence-corrected chi connectivity index (χ1v) is 10.2. The number of rotatable bonds is 6. The summed E-state index contributed by atoms with van der Waals surface area (Å²) in [6, 6.07) is 25.1. The van der Waals surface area contributed by atoms with Gasteiger partial charge in [0, 0.05) is 11.1 Å². The molecule has 0 saturated carbocycles. The number of nitrogens with zero attached hydrogens (tertiary/aromatic N) is 4. The van der Waals surface area contributed by atoms with E-state index in [0.29, 0.717) is 17.1 Å². The average molecular weight is 439 g/mol. The van der Waals surface area contributed by atoms with Crippen LogP contribution in [0.3, 0.4) is 0 Å². The molecule has 3 aromatic carbocycles. The summed E-state index contributed by atoms with van der Waals surface area (Å²) in [5.41, 5.74) is 5.57. The lowest BCUT2D eigenvalue weighted by Crippen LogP contribution is -2.34. The molecule has 0 unspecified atom stereocenters. The number of phenolic OH excluding ortho intramolecular Hbond substituents is 1. The van der Waals surface area contributed by atoms with Crippen molar-refractivity contribution in [2.75, 3.05) is 0 Å². The minimum absolute atomic E-state index is 0.140. The Morgan fingerprint density at radius 2 is 1.48 bits per heavy atom. The Morgan fingerprint density at radius 3 is 2.09 bits per heavy atom. The van der Waals surface area contributed by atoms with Crippen LogP contribution >= 0.6 is 0 Å². The van der Waals surface area contributed by atoms with Crippen molar-refractivity contribution in [3.05, 3.63) is 101 Å². The Bertz CT molecular complexity index is 1350. The molecule has 1 aromatic heterocycles. The van der Waals surface area contributed by atoms with E-state index < -0.39 is 11.6 Å². The highest BCUT2D eigenvalue weighted by molar-refractivity contribution is 5.99. The summed E-state index contributed by atoms with van der Waals surface area (Å²) < 4.78 is 1.02. The molecule has 0 aliphatic rings. The van der Waals surface area contributed by atoms with Gasteiger partial charge in [-0.1, -0.05) is 60.7 Å². The predicted octanol–water partition coefficient (Wildman–Crippen LogP) is 3.22. The molecule has 0 bridgehead atoms. The number of amides is 1. The topological polar surface area (TPSA) is 109 Å². The highest BCUT2D eigenvalue weighted by Crippen LogP contribution is 2.27. The van der Waals surface area contributed by atoms with Crippen LogP contribution in [0, 0.1) is 0 Å². The fourth-order valence-electron chi connectivity index (χ4n) is 3.19. The number of phenols is 1. The van der Waals surface area contributed by atoms with Gasteiger partial charge >= 0.3 is 5.69 Å². The lowest BCUT2D eigenvalue weighted by atomic mass is 10.0. The number of carbonyl (C=O) groups excluding carboxylic acids is 1. The Morgan fingerprint density at radius 1 is 0.909 bits per heavy atom. The first-order valence-electron chi connectivity index (χ1n) is 10.2. The maximum Gasteiger partial charge on any atom is 0.365 e. The van der Waals surface area contributed by atoms with Gasteiger partial charge in [0.25, 0.3) is 5.91 Å². The molecular formula is C25H21N5O3. The molecule has 0 radical (unpaired) electrons. The SMILES string of the molecule is C/C(=N\NC(=O)Cn1nc(-c2ccccc2)c(-c2ccccc2)nc1=O)c1ccc(O)cc1. The number of aromatic hydroxyl groups is 1. The second kappa shape index (κ2) is 9.69. The van der Waals surface area contributed by atoms with Crippen molar-refractivity contribution in [2.24, 2.45) is 5.10 Å². The maximum atomic E-state index is 12.7. The van der Waals surface area contributed by atoms with Gasteiger partial charge in [0.15, 0.2) is 0 Å². The summed E-state index contributed by atoms with van der Waals surface area (Å²) in [6.45, 7) is 1.38. The number of aromatic nitrogens is 3. The van der Waals surface area contributed by atoms with Crippen LogP contribution in [0.25, 0.3) is 22.5 Å². The second-order valence-corrected chi connectivity index (χ2v) is 7.26. The van der Waals surface area contributed by atoms with Gasteiger partial charge in [-0.05, 0) is 36.8 Å². The van der Waals surface area contributed by atoms with E-state index in [1.54, 1.807) is 19.1 Å². The van der Waals surface area contributed by atoms with Crippen LogP contribution in [0.15, 0.2) is 94.8 Å². The van der Waals surface area contributed by atoms with Gasteiger partial charge in [0.05, 0.1) is 5.71 Å². The van der Waals surface area contributed by atoms with Gasteiger partial charge in [-0.2, -0.15) is 15.2 Å². The third kappa shape index (κ3) is 5.19. The van der Waals surface area contributed by atoms with Crippen molar-refractivity contribution in [2.45, 2.75) is 13.5 Å². The van der Waals surface area contributed by atoms with Crippen LogP contribution < -0.4 is 11.1 Å². The third-order valence-corrected chi connectivity index (χ3v) is 4.89. The lowest BCUT2D eigenvalue weighted by molar-refractivity contribution is -0.121. The molecule has 2 N–H and O–H groups in total. The Balaban J connectivity index is 1.61. The third-order valence-electron chi connectivity index (χ3n) is 4.89. The maximum absolute atomic E-state index is 12.7. The molecule has 8 heteroatoms. The predicted molar refractivity (Wildman–Crippen MR) is 126 cm³/mol. The number of hydrogen-bond acceptors (Lipinski definition) is 6. The Kier molecular flexibility index (Phi) is 6.36. The molecule has 0 spiro atoms. The van der Waals surface area contributed by atoms with Gasteiger partial charge in [0.1, 0.15) is 23.7 Å². The summed E-state index contributed by atoms with van der Waals surface area (Å²) in [5.74, 6) is -0.377. The summed E-state index contributed by atoms with van der Waals surface area (Å²) >= 11 is 0. The zero-order chi connectivity index (χ0) is 23.2. The lowest BCUT2D eigenvalue weighted by Gasteiger charge is -2.11. The van der Waals surface area contributed by atoms with Gasteiger partial charge < -0.3 is 5.11 Å². The summed E-state index contributed by atoms with van der Waals surface area (Å²) in [6.07, 6.45) is 0. The van der Waals surface area contributed by atoms with Crippen molar-refractivity contribution in [3.8, 4) is 28.3 Å². The van der Waals surface area contributed by atoms with Gasteiger partial charge in [0.2, 0.25) is 0 Å². The summed E-state index contributed by atoms with van der Waals surface area (Å²) in [5, 5.41) is 17.9. The van der Waals surface area contributed by atoms with Crippen molar-refractivity contribution in [3.63, 3.8) is 0 Å². The monoisotopic (exact) mass is 439 g/mol. The zero-order valence-electron chi connectivity index (χ0n) is 17.8. The van der Waals surface area contributed by atoms with Gasteiger partial charge in [-0.25, -0.2) is 14.9 Å². The Labute approximate surface area is 189 Å². The fraction of sp³-hybridized carbons (Fsp3) is 0.0800. The Hall–Kier alpha value is -4.59. The molecule has 8 nitrogen and oxygen atoms in total. The molecule has 1 heterocycles. The minimum Gasteiger partial charge on any atom is -0.508 e. The normalized spacial score (nSPS) is 11.2. The molecule has 0 atom stereocenters. The van der Waals surface area contributed by atoms with Crippen molar-refractivity contribution < 1.29 is 9.90 Å². The summed E-state index contributed by atoms with van der Waals surface area (Å²) in [4.78, 5) is 29.4. The van der Waals surface area contributed by atoms with Crippen LogP contribution in [0.5, 0.6) is 5.75 Å². The highest BCUT2D eigenvalue weighted by Gasteiger charge is 2.16. The smallest absolute Gasteiger partial charge is 0.365 e. The number of benzene rings is 3. The first kappa shape index (κ1) is 21.6. The molecular weight excluding hydrogens is 418 g/mol. The summed E-state index contributed by atoms with van der Waals surface area (Å²) in [7, 11) is 0. The van der Waals surface area contributed by atoms with Crippen molar-refractivity contribution >= 4 is 11.6 Å². The number of nitrogens with one attached hydrogen (secondary N) is 1. The number of hydrogen-bond donors (Lipinski definition) is 2. The number of hydrazone groups is 1. The molecule has 0 saturated heterocycles. The highest BCUT2D eigenvalue weighted by atomic mass is 16.3. The number of carbonyl (C=O) groups is 1. The molecule has 1 amide bonds. The van der Waals surface area contributed by atoms with Crippen molar-refractivity contribution in [1.29, 1.82) is 0 Å². The van der Waals surface area contributed by atoms with Crippen LogP contribution in [-0.4, -0.2) is 31.5 Å². The fourth-order valence-corrected chi connectivity index (χ4v) is 3.19. The molecule has 4 rings (SSSR count). The van der Waals surface area contributed by atoms with E-state index >= 15 is 0 Å². The molecule has 0 aliphatic heterocycles. The second-order valence-electron chi connectivity index (χ2n) is 7.26. The molecule has 0 fully saturated rings. The van der Waals surface area contributed by atoms with E-state index in [4.69, 9.17) is 0 Å². The van der Waals surface area contributed by atoms with Crippen molar-refractivity contribution in [1.82, 2.24) is 20.2 Å². The van der Waals surface area contributed by atoms with E-state index in [1.165, 1.54) is 12.1 Å². The average Bonchev–Trinajstić information content (AvgIpc) is 2.85. The van der Waals surface area contributed by atoms with Crippen LogP contribution in [0.1, 0.15) is 12.5 Å².